The normalized spacial score (nSPS) is 32.3. The second-order valence-corrected chi connectivity index (χ2v) is 5.49. The number of hydrogen-bond acceptors (Lipinski definition) is 3. The summed E-state index contributed by atoms with van der Waals surface area (Å²) in [7, 11) is 1.63. The molecule has 0 radical (unpaired) electrons. The van der Waals surface area contributed by atoms with Gasteiger partial charge in [0.05, 0.1) is 5.54 Å². The molecule has 0 bridgehead atoms. The maximum Gasteiger partial charge on any atom is 0.243 e. The maximum absolute atomic E-state index is 12.6. The molecule has 2 aliphatic heterocycles. The number of hydrogen-bond donors (Lipinski definition) is 2. The van der Waals surface area contributed by atoms with Crippen LogP contribution in [0, 0.1) is 0 Å². The first-order chi connectivity index (χ1) is 8.58. The molecule has 2 amide bonds. The van der Waals surface area contributed by atoms with Crippen molar-refractivity contribution < 1.29 is 9.59 Å². The third kappa shape index (κ3) is 2.36. The molecule has 2 saturated heterocycles. The van der Waals surface area contributed by atoms with Gasteiger partial charge < -0.3 is 15.5 Å². The van der Waals surface area contributed by atoms with Crippen LogP contribution in [0.4, 0.5) is 0 Å². The van der Waals surface area contributed by atoms with Crippen LogP contribution in [0.2, 0.25) is 0 Å². The zero-order chi connectivity index (χ0) is 13.2. The van der Waals surface area contributed by atoms with Gasteiger partial charge in [0, 0.05) is 13.6 Å². The molecule has 2 atom stereocenters. The molecule has 2 aliphatic rings. The van der Waals surface area contributed by atoms with Crippen LogP contribution in [0.1, 0.15) is 39.0 Å². The quantitative estimate of drug-likeness (QED) is 0.742. The number of nitrogens with zero attached hydrogens (tertiary/aromatic N) is 1. The number of piperidine rings is 1. The lowest BCUT2D eigenvalue weighted by atomic mass is 9.94. The van der Waals surface area contributed by atoms with Crippen molar-refractivity contribution in [3.05, 3.63) is 0 Å². The minimum absolute atomic E-state index is 0.0374. The summed E-state index contributed by atoms with van der Waals surface area (Å²) in [5, 5.41) is 5.95. The van der Waals surface area contributed by atoms with Gasteiger partial charge in [-0.1, -0.05) is 0 Å². The fourth-order valence-electron chi connectivity index (χ4n) is 3.01. The highest BCUT2D eigenvalue weighted by molar-refractivity contribution is 5.92. The Morgan fingerprint density at radius 1 is 1.33 bits per heavy atom. The second kappa shape index (κ2) is 5.26. The number of carbonyl (C=O) groups is 2. The minimum Gasteiger partial charge on any atom is -0.357 e. The van der Waals surface area contributed by atoms with Gasteiger partial charge in [-0.05, 0) is 45.6 Å². The van der Waals surface area contributed by atoms with Gasteiger partial charge in [0.1, 0.15) is 6.04 Å². The number of amides is 2. The molecule has 2 fully saturated rings. The van der Waals surface area contributed by atoms with E-state index < -0.39 is 5.54 Å². The monoisotopic (exact) mass is 253 g/mol. The van der Waals surface area contributed by atoms with Crippen LogP contribution < -0.4 is 10.6 Å². The summed E-state index contributed by atoms with van der Waals surface area (Å²) in [5.74, 6) is 0.0537. The van der Waals surface area contributed by atoms with Crippen LogP contribution in [-0.4, -0.2) is 48.4 Å². The van der Waals surface area contributed by atoms with Crippen molar-refractivity contribution in [2.24, 2.45) is 0 Å². The average molecular weight is 253 g/mol. The topological polar surface area (TPSA) is 61.4 Å². The first-order valence-electron chi connectivity index (χ1n) is 6.86. The van der Waals surface area contributed by atoms with E-state index in [2.05, 4.69) is 10.6 Å². The predicted molar refractivity (Wildman–Crippen MR) is 69.1 cm³/mol. The fraction of sp³-hybridized carbons (Fsp3) is 0.846. The van der Waals surface area contributed by atoms with Gasteiger partial charge >= 0.3 is 0 Å². The lowest BCUT2D eigenvalue weighted by Crippen LogP contribution is -2.59. The summed E-state index contributed by atoms with van der Waals surface area (Å²) >= 11 is 0. The molecule has 0 saturated carbocycles. The third-order valence-corrected chi connectivity index (χ3v) is 4.15. The molecule has 0 aromatic heterocycles. The molecule has 5 nitrogen and oxygen atoms in total. The Morgan fingerprint density at radius 2 is 2.11 bits per heavy atom. The van der Waals surface area contributed by atoms with E-state index in [1.54, 1.807) is 11.9 Å². The van der Waals surface area contributed by atoms with Crippen LogP contribution in [-0.2, 0) is 9.59 Å². The highest BCUT2D eigenvalue weighted by atomic mass is 16.2. The minimum atomic E-state index is -0.469. The summed E-state index contributed by atoms with van der Waals surface area (Å²) in [6.07, 6.45) is 4.69. The molecule has 102 valence electrons. The molecule has 0 aromatic carbocycles. The van der Waals surface area contributed by atoms with Crippen molar-refractivity contribution in [3.8, 4) is 0 Å². The van der Waals surface area contributed by atoms with Crippen LogP contribution in [0.5, 0.6) is 0 Å². The highest BCUT2D eigenvalue weighted by Crippen LogP contribution is 2.26. The number of likely N-dealkylation sites (tertiary alicyclic amines) is 1. The molecule has 0 aromatic rings. The smallest absolute Gasteiger partial charge is 0.243 e. The van der Waals surface area contributed by atoms with E-state index >= 15 is 0 Å². The van der Waals surface area contributed by atoms with Gasteiger partial charge in [-0.2, -0.15) is 0 Å². The van der Waals surface area contributed by atoms with E-state index in [0.29, 0.717) is 6.54 Å². The number of nitrogens with one attached hydrogen (secondary N) is 2. The van der Waals surface area contributed by atoms with E-state index in [4.69, 9.17) is 0 Å². The standard InChI is InChI=1S/C13H23N3O2/c1-13(7-5-8-15-13)12(18)16-9-4-3-6-10(16)11(17)14-2/h10,15H,3-9H2,1-2H3,(H,14,17). The Balaban J connectivity index is 2.13. The number of carbonyl (C=O) groups excluding carboxylic acids is 2. The summed E-state index contributed by atoms with van der Waals surface area (Å²) in [5.41, 5.74) is -0.469. The van der Waals surface area contributed by atoms with Crippen molar-refractivity contribution in [2.75, 3.05) is 20.1 Å². The Hall–Kier alpha value is -1.10. The Kier molecular flexibility index (Phi) is 3.90. The lowest BCUT2D eigenvalue weighted by Gasteiger charge is -2.39. The van der Waals surface area contributed by atoms with Gasteiger partial charge in [-0.25, -0.2) is 0 Å². The summed E-state index contributed by atoms with van der Waals surface area (Å²) in [6.45, 7) is 3.55. The first kappa shape index (κ1) is 13.3. The van der Waals surface area contributed by atoms with Gasteiger partial charge in [-0.15, -0.1) is 0 Å². The molecule has 0 spiro atoms. The van der Waals surface area contributed by atoms with Crippen LogP contribution in [0.3, 0.4) is 0 Å². The molecule has 2 unspecified atom stereocenters. The third-order valence-electron chi connectivity index (χ3n) is 4.15. The molecule has 2 rings (SSSR count). The zero-order valence-electron chi connectivity index (χ0n) is 11.3. The Morgan fingerprint density at radius 3 is 2.72 bits per heavy atom. The van der Waals surface area contributed by atoms with Gasteiger partial charge in [-0.3, -0.25) is 9.59 Å². The maximum atomic E-state index is 12.6. The molecular weight excluding hydrogens is 230 g/mol. The largest absolute Gasteiger partial charge is 0.357 e. The van der Waals surface area contributed by atoms with Crippen molar-refractivity contribution in [2.45, 2.75) is 50.6 Å². The predicted octanol–water partition coefficient (Wildman–Crippen LogP) is 0.256. The first-order valence-corrected chi connectivity index (χ1v) is 6.86. The van der Waals surface area contributed by atoms with Crippen molar-refractivity contribution in [1.82, 2.24) is 15.5 Å². The molecular formula is C13H23N3O2. The summed E-state index contributed by atoms with van der Waals surface area (Å²) in [4.78, 5) is 26.3. The second-order valence-electron chi connectivity index (χ2n) is 5.49. The van der Waals surface area contributed by atoms with Gasteiger partial charge in [0.2, 0.25) is 11.8 Å². The van der Waals surface area contributed by atoms with Gasteiger partial charge in [0.15, 0.2) is 0 Å². The van der Waals surface area contributed by atoms with Gasteiger partial charge in [0.25, 0.3) is 0 Å². The van der Waals surface area contributed by atoms with E-state index in [1.807, 2.05) is 6.92 Å². The van der Waals surface area contributed by atoms with E-state index in [1.165, 1.54) is 0 Å². The van der Waals surface area contributed by atoms with E-state index in [-0.39, 0.29) is 17.9 Å². The molecule has 2 N–H and O–H groups in total. The van der Waals surface area contributed by atoms with Crippen molar-refractivity contribution in [3.63, 3.8) is 0 Å². The summed E-state index contributed by atoms with van der Waals surface area (Å²) < 4.78 is 0. The Bertz CT molecular complexity index is 337. The summed E-state index contributed by atoms with van der Waals surface area (Å²) in [6, 6.07) is -0.282. The van der Waals surface area contributed by atoms with Crippen LogP contribution in [0.25, 0.3) is 0 Å². The van der Waals surface area contributed by atoms with Crippen molar-refractivity contribution in [1.29, 1.82) is 0 Å². The molecule has 5 heteroatoms. The lowest BCUT2D eigenvalue weighted by molar-refractivity contribution is -0.146. The van der Waals surface area contributed by atoms with E-state index in [9.17, 15) is 9.59 Å². The zero-order valence-corrected chi connectivity index (χ0v) is 11.3. The molecule has 0 aliphatic carbocycles. The van der Waals surface area contributed by atoms with Crippen LogP contribution >= 0.6 is 0 Å². The number of rotatable bonds is 2. The number of likely N-dealkylation sites (N-methyl/N-ethyl adjacent to an activating group) is 1. The van der Waals surface area contributed by atoms with Crippen LogP contribution in [0.15, 0.2) is 0 Å². The molecule has 18 heavy (non-hydrogen) atoms. The average Bonchev–Trinajstić information content (AvgIpc) is 2.85. The highest BCUT2D eigenvalue weighted by Gasteiger charge is 2.43. The van der Waals surface area contributed by atoms with E-state index in [0.717, 1.165) is 38.6 Å². The Labute approximate surface area is 108 Å². The fourth-order valence-corrected chi connectivity index (χ4v) is 3.01. The van der Waals surface area contributed by atoms with Crippen molar-refractivity contribution >= 4 is 11.8 Å². The SMILES string of the molecule is CNC(=O)C1CCCCN1C(=O)C1(C)CCCN1. The molecule has 2 heterocycles.